The van der Waals surface area contributed by atoms with Crippen LogP contribution in [-0.2, 0) is 6.54 Å². The molecule has 1 aliphatic heterocycles. The molecule has 0 spiro atoms. The van der Waals surface area contributed by atoms with Crippen molar-refractivity contribution in [3.63, 3.8) is 0 Å². The van der Waals surface area contributed by atoms with Crippen LogP contribution in [0.4, 0.5) is 17.5 Å². The molecule has 1 aliphatic rings. The van der Waals surface area contributed by atoms with E-state index in [9.17, 15) is 10.2 Å². The van der Waals surface area contributed by atoms with E-state index in [-0.39, 0.29) is 30.8 Å². The van der Waals surface area contributed by atoms with Gasteiger partial charge in [-0.15, -0.1) is 12.4 Å². The SMILES string of the molecule is C[C@H](Nc1nc(N2CCN(c3ccc(O)cc3)CC2)nc2c1ncn2CCO)c1ccccc1.Cl. The maximum absolute atomic E-state index is 9.56. The fraction of sp³-hybridized carbons (Fsp3) is 0.320. The van der Waals surface area contributed by atoms with Crippen molar-refractivity contribution in [3.8, 4) is 5.75 Å². The number of aliphatic hydroxyl groups is 1. The second-order valence-electron chi connectivity index (χ2n) is 8.47. The van der Waals surface area contributed by atoms with Crippen LogP contribution >= 0.6 is 12.4 Å². The molecular formula is C25H30ClN7O2. The molecule has 35 heavy (non-hydrogen) atoms. The van der Waals surface area contributed by atoms with Crippen LogP contribution in [0.1, 0.15) is 18.5 Å². The maximum Gasteiger partial charge on any atom is 0.229 e. The zero-order chi connectivity index (χ0) is 23.5. The van der Waals surface area contributed by atoms with E-state index in [4.69, 9.17) is 9.97 Å². The van der Waals surface area contributed by atoms with Crippen LogP contribution in [0.25, 0.3) is 11.2 Å². The van der Waals surface area contributed by atoms with Crippen molar-refractivity contribution in [3.05, 3.63) is 66.5 Å². The maximum atomic E-state index is 9.56. The van der Waals surface area contributed by atoms with Gasteiger partial charge in [0.2, 0.25) is 5.95 Å². The highest BCUT2D eigenvalue weighted by Crippen LogP contribution is 2.27. The number of phenolic OH excluding ortho intramolecular Hbond substituents is 1. The number of imidazole rings is 1. The van der Waals surface area contributed by atoms with Gasteiger partial charge in [-0.1, -0.05) is 30.3 Å². The number of aromatic hydroxyl groups is 1. The van der Waals surface area contributed by atoms with Crippen LogP contribution in [0.2, 0.25) is 0 Å². The summed E-state index contributed by atoms with van der Waals surface area (Å²) in [4.78, 5) is 18.8. The van der Waals surface area contributed by atoms with Gasteiger partial charge in [-0.05, 0) is 36.8 Å². The van der Waals surface area contributed by atoms with Gasteiger partial charge in [0.05, 0.1) is 19.0 Å². The minimum absolute atomic E-state index is 0. The Bertz CT molecular complexity index is 1240. The van der Waals surface area contributed by atoms with Crippen LogP contribution in [-0.4, -0.2) is 62.5 Å². The summed E-state index contributed by atoms with van der Waals surface area (Å²) < 4.78 is 1.87. The molecule has 0 bridgehead atoms. The lowest BCUT2D eigenvalue weighted by atomic mass is 10.1. The number of fused-ring (bicyclic) bond motifs is 1. The van der Waals surface area contributed by atoms with Gasteiger partial charge in [0.25, 0.3) is 0 Å². The molecule has 10 heteroatoms. The molecule has 0 unspecified atom stereocenters. The van der Waals surface area contributed by atoms with Crippen molar-refractivity contribution in [1.82, 2.24) is 19.5 Å². The van der Waals surface area contributed by atoms with E-state index in [1.54, 1.807) is 18.5 Å². The third-order valence-electron chi connectivity index (χ3n) is 6.22. The predicted molar refractivity (Wildman–Crippen MR) is 141 cm³/mol. The molecule has 1 fully saturated rings. The molecule has 0 saturated carbocycles. The Morgan fingerprint density at radius 2 is 1.63 bits per heavy atom. The van der Waals surface area contributed by atoms with Gasteiger partial charge in [0, 0.05) is 38.4 Å². The number of aliphatic hydroxyl groups excluding tert-OH is 1. The summed E-state index contributed by atoms with van der Waals surface area (Å²) in [6, 6.07) is 17.6. The van der Waals surface area contributed by atoms with Gasteiger partial charge >= 0.3 is 0 Å². The molecule has 1 atom stereocenters. The number of nitrogens with one attached hydrogen (secondary N) is 1. The minimum Gasteiger partial charge on any atom is -0.508 e. The van der Waals surface area contributed by atoms with Gasteiger partial charge in [-0.25, -0.2) is 4.98 Å². The number of anilines is 3. The van der Waals surface area contributed by atoms with Crippen LogP contribution in [0.5, 0.6) is 5.75 Å². The van der Waals surface area contributed by atoms with Crippen molar-refractivity contribution >= 4 is 41.0 Å². The Kier molecular flexibility index (Phi) is 7.57. The summed E-state index contributed by atoms with van der Waals surface area (Å²) in [5.74, 6) is 1.61. The molecule has 3 heterocycles. The average molecular weight is 496 g/mol. The van der Waals surface area contributed by atoms with Gasteiger partial charge in [-0.3, -0.25) is 0 Å². The number of phenols is 1. The zero-order valence-corrected chi connectivity index (χ0v) is 20.4. The molecule has 0 radical (unpaired) electrons. The molecule has 184 valence electrons. The minimum atomic E-state index is 0. The van der Waals surface area contributed by atoms with Crippen molar-refractivity contribution < 1.29 is 10.2 Å². The molecule has 2 aromatic heterocycles. The number of halogens is 1. The van der Waals surface area contributed by atoms with Crippen molar-refractivity contribution in [2.45, 2.75) is 19.5 Å². The molecule has 0 amide bonds. The third-order valence-corrected chi connectivity index (χ3v) is 6.22. The third kappa shape index (κ3) is 5.26. The fourth-order valence-corrected chi connectivity index (χ4v) is 4.30. The first kappa shape index (κ1) is 24.6. The smallest absolute Gasteiger partial charge is 0.229 e. The first-order valence-electron chi connectivity index (χ1n) is 11.6. The first-order valence-corrected chi connectivity index (χ1v) is 11.6. The number of hydrogen-bond donors (Lipinski definition) is 3. The molecule has 4 aromatic rings. The molecule has 9 nitrogen and oxygen atoms in total. The number of nitrogens with zero attached hydrogens (tertiary/aromatic N) is 6. The van der Waals surface area contributed by atoms with Gasteiger partial charge in [0.15, 0.2) is 17.0 Å². The van der Waals surface area contributed by atoms with Crippen LogP contribution in [0, 0.1) is 0 Å². The Balaban J connectivity index is 0.00000289. The van der Waals surface area contributed by atoms with Crippen LogP contribution < -0.4 is 15.1 Å². The Morgan fingerprint density at radius 1 is 0.943 bits per heavy atom. The largest absolute Gasteiger partial charge is 0.508 e. The van der Waals surface area contributed by atoms with E-state index in [0.29, 0.717) is 29.5 Å². The Morgan fingerprint density at radius 3 is 2.31 bits per heavy atom. The summed E-state index contributed by atoms with van der Waals surface area (Å²) >= 11 is 0. The molecule has 3 N–H and O–H groups in total. The van der Waals surface area contributed by atoms with Gasteiger partial charge in [0.1, 0.15) is 5.75 Å². The van der Waals surface area contributed by atoms with Gasteiger partial charge in [-0.2, -0.15) is 9.97 Å². The van der Waals surface area contributed by atoms with Crippen molar-refractivity contribution in [2.24, 2.45) is 0 Å². The number of piperazine rings is 1. The Labute approximate surface area is 210 Å². The molecule has 0 aliphatic carbocycles. The highest BCUT2D eigenvalue weighted by molar-refractivity contribution is 5.85. The monoisotopic (exact) mass is 495 g/mol. The summed E-state index contributed by atoms with van der Waals surface area (Å²) in [6.07, 6.45) is 1.71. The van der Waals surface area contributed by atoms with Crippen molar-refractivity contribution in [1.29, 1.82) is 0 Å². The van der Waals surface area contributed by atoms with E-state index in [2.05, 4.69) is 39.2 Å². The number of aromatic nitrogens is 4. The predicted octanol–water partition coefficient (Wildman–Crippen LogP) is 3.45. The first-order chi connectivity index (χ1) is 16.6. The summed E-state index contributed by atoms with van der Waals surface area (Å²) in [6.45, 7) is 5.73. The van der Waals surface area contributed by atoms with E-state index in [0.717, 1.165) is 37.4 Å². The lowest BCUT2D eigenvalue weighted by Crippen LogP contribution is -2.47. The molecule has 2 aromatic carbocycles. The van der Waals surface area contributed by atoms with E-state index < -0.39 is 0 Å². The second-order valence-corrected chi connectivity index (χ2v) is 8.47. The molecule has 1 saturated heterocycles. The van der Waals surface area contributed by atoms with Crippen LogP contribution in [0.3, 0.4) is 0 Å². The van der Waals surface area contributed by atoms with E-state index in [1.807, 2.05) is 34.9 Å². The molecular weight excluding hydrogens is 466 g/mol. The summed E-state index contributed by atoms with van der Waals surface area (Å²) in [7, 11) is 0. The Hall–Kier alpha value is -3.56. The number of benzene rings is 2. The fourth-order valence-electron chi connectivity index (χ4n) is 4.30. The zero-order valence-electron chi connectivity index (χ0n) is 19.6. The highest BCUT2D eigenvalue weighted by atomic mass is 35.5. The lowest BCUT2D eigenvalue weighted by molar-refractivity contribution is 0.277. The van der Waals surface area contributed by atoms with E-state index in [1.165, 1.54) is 0 Å². The topological polar surface area (TPSA) is 103 Å². The van der Waals surface area contributed by atoms with Crippen LogP contribution in [0.15, 0.2) is 60.9 Å². The normalized spacial score (nSPS) is 14.6. The number of rotatable bonds is 7. The quantitative estimate of drug-likeness (QED) is 0.358. The lowest BCUT2D eigenvalue weighted by Gasteiger charge is -2.36. The standard InChI is InChI=1S/C25H29N7O2.ClH/c1-18(19-5-3-2-4-6-19)27-23-22-24(32(15-16-33)17-26-22)29-25(28-23)31-13-11-30(12-14-31)20-7-9-21(34)10-8-20;/h2-10,17-18,33-34H,11-16H2,1H3,(H,27,28,29);1H/t18-;/m0./s1. The highest BCUT2D eigenvalue weighted by Gasteiger charge is 2.23. The number of hydrogen-bond acceptors (Lipinski definition) is 8. The van der Waals surface area contributed by atoms with Gasteiger partial charge < -0.3 is 29.9 Å². The second kappa shape index (κ2) is 10.8. The van der Waals surface area contributed by atoms with Crippen molar-refractivity contribution in [2.75, 3.05) is 47.9 Å². The van der Waals surface area contributed by atoms with E-state index >= 15 is 0 Å². The molecule has 5 rings (SSSR count). The summed E-state index contributed by atoms with van der Waals surface area (Å²) in [5.41, 5.74) is 3.66. The average Bonchev–Trinajstić information content (AvgIpc) is 3.28. The summed E-state index contributed by atoms with van der Waals surface area (Å²) in [5, 5.41) is 22.6.